The molecule has 0 spiro atoms. The Morgan fingerprint density at radius 1 is 1.35 bits per heavy atom. The van der Waals surface area contributed by atoms with E-state index in [4.69, 9.17) is 4.74 Å². The number of esters is 1. The van der Waals surface area contributed by atoms with Crippen LogP contribution in [0.15, 0.2) is 0 Å². The highest BCUT2D eigenvalue weighted by Gasteiger charge is 2.42. The van der Waals surface area contributed by atoms with Crippen LogP contribution in [0.3, 0.4) is 0 Å². The topological polar surface area (TPSA) is 26.3 Å². The second kappa shape index (κ2) is 5.12. The van der Waals surface area contributed by atoms with Crippen molar-refractivity contribution >= 4 is 5.97 Å². The summed E-state index contributed by atoms with van der Waals surface area (Å²) in [5.74, 6) is 6.28. The van der Waals surface area contributed by atoms with Gasteiger partial charge in [-0.25, -0.2) is 0 Å². The molecule has 0 saturated heterocycles. The molecule has 1 atom stereocenters. The van der Waals surface area contributed by atoms with Gasteiger partial charge >= 0.3 is 5.97 Å². The summed E-state index contributed by atoms with van der Waals surface area (Å²) < 4.78 is 5.73. The molecule has 1 fully saturated rings. The molecule has 1 rings (SSSR count). The van der Waals surface area contributed by atoms with Gasteiger partial charge in [0.1, 0.15) is 0 Å². The van der Waals surface area contributed by atoms with Crippen molar-refractivity contribution in [1.29, 1.82) is 0 Å². The van der Waals surface area contributed by atoms with Gasteiger partial charge in [0.25, 0.3) is 0 Å². The van der Waals surface area contributed by atoms with Crippen molar-refractivity contribution in [2.75, 3.05) is 0 Å². The first-order valence-electron chi connectivity index (χ1n) is 6.53. The van der Waals surface area contributed by atoms with E-state index in [9.17, 15) is 4.79 Å². The predicted molar refractivity (Wildman–Crippen MR) is 69.4 cm³/mol. The first kappa shape index (κ1) is 14.1. The Kier molecular flexibility index (Phi) is 4.25. The maximum atomic E-state index is 12.1. The van der Waals surface area contributed by atoms with Crippen molar-refractivity contribution < 1.29 is 9.53 Å². The molecule has 96 valence electrons. The minimum absolute atomic E-state index is 0.128. The normalized spacial score (nSPS) is 19.6. The van der Waals surface area contributed by atoms with E-state index in [1.54, 1.807) is 6.92 Å². The van der Waals surface area contributed by atoms with Crippen LogP contribution in [0, 0.1) is 23.2 Å². The van der Waals surface area contributed by atoms with Crippen LogP contribution in [0.2, 0.25) is 0 Å². The lowest BCUT2D eigenvalue weighted by molar-refractivity contribution is -0.170. The average Bonchev–Trinajstić information content (AvgIpc) is 2.14. The molecule has 1 aliphatic carbocycles. The molecular weight excluding hydrogens is 212 g/mol. The summed E-state index contributed by atoms with van der Waals surface area (Å²) in [5.41, 5.74) is -1.00. The molecule has 1 aliphatic rings. The Morgan fingerprint density at radius 3 is 2.29 bits per heavy atom. The Hall–Kier alpha value is -0.970. The van der Waals surface area contributed by atoms with Gasteiger partial charge in [-0.15, -0.1) is 5.92 Å². The van der Waals surface area contributed by atoms with E-state index in [1.165, 1.54) is 6.42 Å². The number of hydrogen-bond donors (Lipinski definition) is 0. The lowest BCUT2D eigenvalue weighted by Gasteiger charge is -2.40. The molecule has 2 nitrogen and oxygen atoms in total. The smallest absolute Gasteiger partial charge is 0.313 e. The first-order chi connectivity index (χ1) is 7.85. The second-order valence-corrected chi connectivity index (χ2v) is 5.74. The van der Waals surface area contributed by atoms with Crippen molar-refractivity contribution in [2.45, 2.75) is 65.9 Å². The van der Waals surface area contributed by atoms with Gasteiger partial charge in [0.05, 0.1) is 5.41 Å². The number of ether oxygens (including phenoxy) is 1. The van der Waals surface area contributed by atoms with Gasteiger partial charge in [-0.05, 0) is 47.0 Å². The lowest BCUT2D eigenvalue weighted by atomic mass is 9.73. The second-order valence-electron chi connectivity index (χ2n) is 5.74. The summed E-state index contributed by atoms with van der Waals surface area (Å²) in [5, 5.41) is 0. The molecule has 0 aliphatic heterocycles. The van der Waals surface area contributed by atoms with Crippen molar-refractivity contribution in [3.63, 3.8) is 0 Å². The minimum atomic E-state index is -0.587. The summed E-state index contributed by atoms with van der Waals surface area (Å²) >= 11 is 0. The van der Waals surface area contributed by atoms with Crippen LogP contribution in [0.4, 0.5) is 0 Å². The molecule has 0 radical (unpaired) electrons. The predicted octanol–water partition coefficient (Wildman–Crippen LogP) is 3.55. The minimum Gasteiger partial charge on any atom is -0.445 e. The molecule has 0 aromatic heterocycles. The van der Waals surface area contributed by atoms with Gasteiger partial charge in [0, 0.05) is 5.92 Å². The fourth-order valence-corrected chi connectivity index (χ4v) is 1.89. The fourth-order valence-electron chi connectivity index (χ4n) is 1.89. The third-order valence-electron chi connectivity index (χ3n) is 4.00. The number of carbonyl (C=O) groups is 1. The Labute approximate surface area is 105 Å². The summed E-state index contributed by atoms with van der Waals surface area (Å²) in [6, 6.07) is 0. The van der Waals surface area contributed by atoms with Crippen molar-refractivity contribution in [3.8, 4) is 11.8 Å². The molecule has 0 N–H and O–H groups in total. The molecule has 0 heterocycles. The van der Waals surface area contributed by atoms with E-state index >= 15 is 0 Å². The van der Waals surface area contributed by atoms with E-state index < -0.39 is 11.0 Å². The van der Waals surface area contributed by atoms with E-state index in [-0.39, 0.29) is 5.97 Å². The third-order valence-corrected chi connectivity index (χ3v) is 4.00. The third kappa shape index (κ3) is 3.03. The van der Waals surface area contributed by atoms with Crippen LogP contribution < -0.4 is 0 Å². The SMILES string of the molecule is CC#CC(C)(OC(=O)C(C)(C)CC)C1CCC1. The summed E-state index contributed by atoms with van der Waals surface area (Å²) in [4.78, 5) is 12.1. The highest BCUT2D eigenvalue weighted by Crippen LogP contribution is 2.39. The zero-order valence-corrected chi connectivity index (χ0v) is 11.7. The Balaban J connectivity index is 2.79. The highest BCUT2D eigenvalue weighted by atomic mass is 16.6. The molecule has 17 heavy (non-hydrogen) atoms. The van der Waals surface area contributed by atoms with Crippen molar-refractivity contribution in [1.82, 2.24) is 0 Å². The Morgan fingerprint density at radius 2 is 1.94 bits per heavy atom. The monoisotopic (exact) mass is 236 g/mol. The van der Waals surface area contributed by atoms with Crippen LogP contribution in [0.1, 0.15) is 60.3 Å². The van der Waals surface area contributed by atoms with E-state index in [0.29, 0.717) is 5.92 Å². The molecule has 0 bridgehead atoms. The zero-order chi connectivity index (χ0) is 13.1. The first-order valence-corrected chi connectivity index (χ1v) is 6.53. The number of hydrogen-bond acceptors (Lipinski definition) is 2. The Bertz CT molecular complexity index is 342. The molecule has 0 aromatic carbocycles. The van der Waals surface area contributed by atoms with Crippen LogP contribution >= 0.6 is 0 Å². The molecule has 1 unspecified atom stereocenters. The van der Waals surface area contributed by atoms with Crippen molar-refractivity contribution in [3.05, 3.63) is 0 Å². The summed E-state index contributed by atoms with van der Waals surface area (Å²) in [6.45, 7) is 9.62. The highest BCUT2D eigenvalue weighted by molar-refractivity contribution is 5.76. The largest absolute Gasteiger partial charge is 0.445 e. The molecule has 0 amide bonds. The zero-order valence-electron chi connectivity index (χ0n) is 11.7. The average molecular weight is 236 g/mol. The van der Waals surface area contributed by atoms with Crippen LogP contribution in [0.25, 0.3) is 0 Å². The number of rotatable bonds is 4. The van der Waals surface area contributed by atoms with Gasteiger partial charge in [-0.3, -0.25) is 4.79 Å². The van der Waals surface area contributed by atoms with E-state index in [1.807, 2.05) is 27.7 Å². The summed E-state index contributed by atoms with van der Waals surface area (Å²) in [7, 11) is 0. The maximum Gasteiger partial charge on any atom is 0.313 e. The van der Waals surface area contributed by atoms with Gasteiger partial charge in [-0.2, -0.15) is 0 Å². The van der Waals surface area contributed by atoms with Gasteiger partial charge < -0.3 is 4.74 Å². The fraction of sp³-hybridized carbons (Fsp3) is 0.800. The van der Waals surface area contributed by atoms with E-state index in [0.717, 1.165) is 19.3 Å². The number of carbonyl (C=O) groups excluding carboxylic acids is 1. The maximum absolute atomic E-state index is 12.1. The molecule has 1 saturated carbocycles. The summed E-state index contributed by atoms with van der Waals surface area (Å²) in [6.07, 6.45) is 4.24. The van der Waals surface area contributed by atoms with Gasteiger partial charge in [-0.1, -0.05) is 19.3 Å². The van der Waals surface area contributed by atoms with Crippen LogP contribution in [0.5, 0.6) is 0 Å². The van der Waals surface area contributed by atoms with Gasteiger partial charge in [0.15, 0.2) is 5.60 Å². The standard InChI is InChI=1S/C15H24O2/c1-6-11-15(5,12-9-8-10-12)17-13(16)14(3,4)7-2/h12H,7-10H2,1-5H3. The lowest BCUT2D eigenvalue weighted by Crippen LogP contribution is -2.44. The van der Waals surface area contributed by atoms with E-state index in [2.05, 4.69) is 11.8 Å². The molecule has 0 aromatic rings. The van der Waals surface area contributed by atoms with Crippen LogP contribution in [-0.2, 0) is 9.53 Å². The molecule has 2 heteroatoms. The van der Waals surface area contributed by atoms with Crippen LogP contribution in [-0.4, -0.2) is 11.6 Å². The quantitative estimate of drug-likeness (QED) is 0.551. The molecular formula is C15H24O2. The van der Waals surface area contributed by atoms with Crippen molar-refractivity contribution in [2.24, 2.45) is 11.3 Å². The van der Waals surface area contributed by atoms with Gasteiger partial charge in [0.2, 0.25) is 0 Å².